The van der Waals surface area contributed by atoms with Crippen LogP contribution in [-0.2, 0) is 13.7 Å². The van der Waals surface area contributed by atoms with Gasteiger partial charge in [-0.05, 0) is 61.9 Å². The predicted molar refractivity (Wildman–Crippen MR) is 104 cm³/mol. The Bertz CT molecular complexity index is 1070. The van der Waals surface area contributed by atoms with Crippen LogP contribution in [0.1, 0.15) is 5.56 Å². The van der Waals surface area contributed by atoms with E-state index in [4.69, 9.17) is 3.63 Å². The van der Waals surface area contributed by atoms with E-state index in [0.29, 0.717) is 15.7 Å². The summed E-state index contributed by atoms with van der Waals surface area (Å²) in [6.45, 7) is 1.88. The van der Waals surface area contributed by atoms with Crippen molar-refractivity contribution in [3.05, 3.63) is 60.2 Å². The van der Waals surface area contributed by atoms with Crippen molar-refractivity contribution < 1.29 is 22.3 Å². The normalized spacial score (nSPS) is 13.0. The molecule has 5 nitrogen and oxygen atoms in total. The van der Waals surface area contributed by atoms with E-state index >= 15 is 0 Å². The number of rotatable bonds is 4. The van der Waals surface area contributed by atoms with Crippen LogP contribution < -0.4 is 0 Å². The summed E-state index contributed by atoms with van der Waals surface area (Å²) in [5.41, 5.74) is 0.954. The fourth-order valence-corrected chi connectivity index (χ4v) is 6.69. The van der Waals surface area contributed by atoms with E-state index in [1.165, 1.54) is 30.3 Å². The van der Waals surface area contributed by atoms with Crippen LogP contribution in [0, 0.1) is 6.92 Å². The molecule has 0 aromatic heterocycles. The Morgan fingerprint density at radius 1 is 0.846 bits per heavy atom. The van der Waals surface area contributed by atoms with Crippen LogP contribution in [0.15, 0.2) is 64.4 Å². The Morgan fingerprint density at radius 2 is 1.50 bits per heavy atom. The average molecular weight is 392 g/mol. The minimum atomic E-state index is -3.96. The van der Waals surface area contributed by atoms with Gasteiger partial charge < -0.3 is 10.2 Å². The fraction of sp³-hybridized carbons (Fsp3) is 0.158. The van der Waals surface area contributed by atoms with E-state index in [2.05, 4.69) is 0 Å². The lowest BCUT2D eigenvalue weighted by atomic mass is 10.1. The number of phenols is 2. The van der Waals surface area contributed by atoms with Gasteiger partial charge in [-0.25, -0.2) is 3.63 Å². The molecule has 138 valence electrons. The highest BCUT2D eigenvalue weighted by atomic mass is 32.3. The number of aromatic hydroxyl groups is 2. The number of phenolic OH excluding ortho intramolecular Hbond substituents is 2. The van der Waals surface area contributed by atoms with Crippen LogP contribution in [0.3, 0.4) is 0 Å². The monoisotopic (exact) mass is 392 g/mol. The van der Waals surface area contributed by atoms with Gasteiger partial charge in [0.2, 0.25) is 0 Å². The first-order valence-corrected chi connectivity index (χ1v) is 11.6. The second-order valence-corrected chi connectivity index (χ2v) is 11.2. The summed E-state index contributed by atoms with van der Waals surface area (Å²) in [6, 6.07) is 14.2. The van der Waals surface area contributed by atoms with Crippen molar-refractivity contribution in [2.45, 2.75) is 16.7 Å². The molecule has 3 rings (SSSR count). The SMILES string of the molecule is Cc1ccc(S(=O)(=O)OS(C)(C)c2ccc(O)c3ccc(O)cc23)cc1. The molecule has 3 aromatic rings. The van der Waals surface area contributed by atoms with Crippen molar-refractivity contribution in [2.75, 3.05) is 12.5 Å². The molecular weight excluding hydrogens is 372 g/mol. The molecule has 0 heterocycles. The van der Waals surface area contributed by atoms with E-state index in [1.807, 2.05) is 6.92 Å². The fourth-order valence-electron chi connectivity index (χ4n) is 2.73. The molecular formula is C19H20O5S2. The van der Waals surface area contributed by atoms with Crippen LogP contribution in [0.2, 0.25) is 0 Å². The summed E-state index contributed by atoms with van der Waals surface area (Å²) >= 11 is 0. The molecule has 0 atom stereocenters. The number of benzene rings is 3. The molecule has 0 unspecified atom stereocenters. The quantitative estimate of drug-likeness (QED) is 0.691. The summed E-state index contributed by atoms with van der Waals surface area (Å²) in [6.07, 6.45) is 3.43. The van der Waals surface area contributed by atoms with Crippen LogP contribution in [0.25, 0.3) is 10.8 Å². The summed E-state index contributed by atoms with van der Waals surface area (Å²) < 4.78 is 31.0. The van der Waals surface area contributed by atoms with Crippen LogP contribution in [0.4, 0.5) is 0 Å². The first-order chi connectivity index (χ1) is 12.1. The highest BCUT2D eigenvalue weighted by Gasteiger charge is 2.28. The van der Waals surface area contributed by atoms with Gasteiger partial charge in [-0.15, -0.1) is 0 Å². The van der Waals surface area contributed by atoms with Gasteiger partial charge in [0, 0.05) is 15.7 Å². The van der Waals surface area contributed by atoms with Crippen molar-refractivity contribution >= 4 is 31.2 Å². The van der Waals surface area contributed by atoms with Crippen LogP contribution in [-0.4, -0.2) is 31.1 Å². The Kier molecular flexibility index (Phi) is 4.64. The maximum atomic E-state index is 12.7. The average Bonchev–Trinajstić information content (AvgIpc) is 2.54. The second-order valence-electron chi connectivity index (χ2n) is 6.38. The molecule has 7 heteroatoms. The van der Waals surface area contributed by atoms with E-state index in [0.717, 1.165) is 5.56 Å². The van der Waals surface area contributed by atoms with Gasteiger partial charge in [-0.3, -0.25) is 0 Å². The van der Waals surface area contributed by atoms with Crippen LogP contribution in [0.5, 0.6) is 11.5 Å². The molecule has 0 saturated carbocycles. The number of hydrogen-bond donors (Lipinski definition) is 2. The smallest absolute Gasteiger partial charge is 0.306 e. The molecule has 26 heavy (non-hydrogen) atoms. The number of hydrogen-bond acceptors (Lipinski definition) is 5. The molecule has 0 aliphatic heterocycles. The summed E-state index contributed by atoms with van der Waals surface area (Å²) in [5.74, 6) is 0.0845. The van der Waals surface area contributed by atoms with Gasteiger partial charge in [-0.2, -0.15) is 8.42 Å². The van der Waals surface area contributed by atoms with Crippen LogP contribution >= 0.6 is 10.3 Å². The van der Waals surface area contributed by atoms with Crippen molar-refractivity contribution in [1.29, 1.82) is 0 Å². The number of aryl methyl sites for hydroxylation is 1. The largest absolute Gasteiger partial charge is 0.508 e. The third-order valence-corrected chi connectivity index (χ3v) is 8.38. The molecule has 3 aromatic carbocycles. The Balaban J connectivity index is 2.08. The lowest BCUT2D eigenvalue weighted by Crippen LogP contribution is -2.11. The molecule has 0 fully saturated rings. The molecule has 0 radical (unpaired) electrons. The first kappa shape index (κ1) is 18.6. The lowest BCUT2D eigenvalue weighted by Gasteiger charge is -2.31. The molecule has 0 spiro atoms. The zero-order chi connectivity index (χ0) is 19.1. The number of fused-ring (bicyclic) bond motifs is 1. The molecule has 0 saturated heterocycles. The third kappa shape index (κ3) is 3.51. The minimum Gasteiger partial charge on any atom is -0.508 e. The lowest BCUT2D eigenvalue weighted by molar-refractivity contribution is 0.475. The van der Waals surface area contributed by atoms with Crippen molar-refractivity contribution in [3.63, 3.8) is 0 Å². The molecule has 2 N–H and O–H groups in total. The maximum Gasteiger partial charge on any atom is 0.306 e. The van der Waals surface area contributed by atoms with Gasteiger partial charge in [0.15, 0.2) is 0 Å². The molecule has 0 amide bonds. The van der Waals surface area contributed by atoms with E-state index in [1.54, 1.807) is 36.8 Å². The van der Waals surface area contributed by atoms with Gasteiger partial charge in [0.25, 0.3) is 0 Å². The molecule has 0 aliphatic carbocycles. The van der Waals surface area contributed by atoms with Gasteiger partial charge >= 0.3 is 10.1 Å². The highest BCUT2D eigenvalue weighted by molar-refractivity contribution is 8.32. The van der Waals surface area contributed by atoms with Crippen molar-refractivity contribution in [1.82, 2.24) is 0 Å². The maximum absolute atomic E-state index is 12.7. The third-order valence-electron chi connectivity index (χ3n) is 4.04. The minimum absolute atomic E-state index is 0.0286. The summed E-state index contributed by atoms with van der Waals surface area (Å²) in [7, 11) is -6.21. The highest BCUT2D eigenvalue weighted by Crippen LogP contribution is 2.55. The zero-order valence-corrected chi connectivity index (χ0v) is 16.3. The predicted octanol–water partition coefficient (Wildman–Crippen LogP) is 4.30. The topological polar surface area (TPSA) is 83.8 Å². The molecule has 0 bridgehead atoms. The first-order valence-electron chi connectivity index (χ1n) is 7.81. The van der Waals surface area contributed by atoms with Crippen molar-refractivity contribution in [2.24, 2.45) is 0 Å². The van der Waals surface area contributed by atoms with E-state index in [-0.39, 0.29) is 16.4 Å². The molecule has 0 aliphatic rings. The zero-order valence-electron chi connectivity index (χ0n) is 14.6. The van der Waals surface area contributed by atoms with E-state index < -0.39 is 20.4 Å². The standard InChI is InChI=1S/C19H20O5S2/c1-13-4-7-15(8-5-13)26(22,23)24-25(2,3)19-11-10-18(21)16-9-6-14(20)12-17(16)19/h4-12,20-21H,1-3H3. The summed E-state index contributed by atoms with van der Waals surface area (Å²) in [4.78, 5) is 0.714. The second kappa shape index (κ2) is 6.50. The summed E-state index contributed by atoms with van der Waals surface area (Å²) in [5, 5.41) is 21.0. The van der Waals surface area contributed by atoms with Gasteiger partial charge in [0.05, 0.1) is 4.90 Å². The van der Waals surface area contributed by atoms with Gasteiger partial charge in [-0.1, -0.05) is 28.0 Å². The van der Waals surface area contributed by atoms with Crippen molar-refractivity contribution in [3.8, 4) is 11.5 Å². The van der Waals surface area contributed by atoms with E-state index in [9.17, 15) is 18.6 Å². The Hall–Kier alpha value is -2.22. The van der Waals surface area contributed by atoms with Gasteiger partial charge in [0.1, 0.15) is 11.5 Å². The Morgan fingerprint density at radius 3 is 2.15 bits per heavy atom. The Labute approximate surface area is 154 Å².